The number of rotatable bonds is 2. The standard InChI is InChI=1S/C15H8Cl2INO2/c16-9-1-4-13(17)8(5-9)7-19-14(20)11-3-2-10(18)6-12(11)15(19)21/h1-6H,7H2. The van der Waals surface area contributed by atoms with Crippen LogP contribution in [0.15, 0.2) is 36.4 Å². The molecule has 3 nitrogen and oxygen atoms in total. The Labute approximate surface area is 145 Å². The van der Waals surface area contributed by atoms with Crippen LogP contribution in [0.1, 0.15) is 26.3 Å². The highest BCUT2D eigenvalue weighted by molar-refractivity contribution is 14.1. The van der Waals surface area contributed by atoms with E-state index in [0.29, 0.717) is 26.7 Å². The van der Waals surface area contributed by atoms with E-state index < -0.39 is 0 Å². The Morgan fingerprint density at radius 1 is 0.952 bits per heavy atom. The molecule has 0 unspecified atom stereocenters. The SMILES string of the molecule is O=C1c2ccc(I)cc2C(=O)N1Cc1cc(Cl)ccc1Cl. The van der Waals surface area contributed by atoms with Gasteiger partial charge in [-0.05, 0) is 64.6 Å². The molecule has 2 aromatic carbocycles. The van der Waals surface area contributed by atoms with Gasteiger partial charge < -0.3 is 0 Å². The van der Waals surface area contributed by atoms with E-state index in [1.54, 1.807) is 36.4 Å². The molecule has 1 aliphatic rings. The molecule has 0 atom stereocenters. The van der Waals surface area contributed by atoms with E-state index in [1.165, 1.54) is 4.90 Å². The topological polar surface area (TPSA) is 37.4 Å². The number of amides is 2. The molecule has 0 N–H and O–H groups in total. The van der Waals surface area contributed by atoms with Crippen molar-refractivity contribution in [3.8, 4) is 0 Å². The number of nitrogens with zero attached hydrogens (tertiary/aromatic N) is 1. The number of hydrogen-bond donors (Lipinski definition) is 0. The molecule has 0 saturated carbocycles. The molecule has 1 aliphatic heterocycles. The summed E-state index contributed by atoms with van der Waals surface area (Å²) in [5.74, 6) is -0.605. The molecule has 0 fully saturated rings. The Morgan fingerprint density at radius 3 is 2.43 bits per heavy atom. The first-order chi connectivity index (χ1) is 9.97. The Morgan fingerprint density at radius 2 is 1.67 bits per heavy atom. The summed E-state index contributed by atoms with van der Waals surface area (Å²) >= 11 is 14.1. The summed E-state index contributed by atoms with van der Waals surface area (Å²) in [6, 6.07) is 10.2. The van der Waals surface area contributed by atoms with Crippen molar-refractivity contribution < 1.29 is 9.59 Å². The molecule has 2 amide bonds. The third-order valence-electron chi connectivity index (χ3n) is 3.27. The van der Waals surface area contributed by atoms with Crippen molar-refractivity contribution in [2.45, 2.75) is 6.54 Å². The Bertz CT molecular complexity index is 776. The Hall–Kier alpha value is -1.11. The zero-order valence-corrected chi connectivity index (χ0v) is 14.2. The summed E-state index contributed by atoms with van der Waals surface area (Å²) in [5.41, 5.74) is 1.51. The van der Waals surface area contributed by atoms with Crippen molar-refractivity contribution in [2.75, 3.05) is 0 Å². The largest absolute Gasteiger partial charge is 0.270 e. The van der Waals surface area contributed by atoms with Gasteiger partial charge in [0.2, 0.25) is 0 Å². The predicted molar refractivity (Wildman–Crippen MR) is 89.8 cm³/mol. The predicted octanol–water partition coefficient (Wildman–Crippen LogP) is 4.39. The van der Waals surface area contributed by atoms with Crippen LogP contribution in [0.25, 0.3) is 0 Å². The summed E-state index contributed by atoms with van der Waals surface area (Å²) in [6.07, 6.45) is 0. The maximum atomic E-state index is 12.4. The fourth-order valence-corrected chi connectivity index (χ4v) is 3.10. The molecule has 0 aliphatic carbocycles. The number of carbonyl (C=O) groups is 2. The molecular weight excluding hydrogens is 424 g/mol. The van der Waals surface area contributed by atoms with Gasteiger partial charge in [0.1, 0.15) is 0 Å². The second-order valence-corrected chi connectivity index (χ2v) is 6.71. The van der Waals surface area contributed by atoms with Gasteiger partial charge in [0.25, 0.3) is 11.8 Å². The summed E-state index contributed by atoms with van der Waals surface area (Å²) in [6.45, 7) is 0.113. The van der Waals surface area contributed by atoms with Gasteiger partial charge in [-0.25, -0.2) is 0 Å². The van der Waals surface area contributed by atoms with Crippen molar-refractivity contribution in [1.29, 1.82) is 0 Å². The van der Waals surface area contributed by atoms with Crippen LogP contribution < -0.4 is 0 Å². The summed E-state index contributed by atoms with van der Waals surface area (Å²) in [7, 11) is 0. The van der Waals surface area contributed by atoms with E-state index in [0.717, 1.165) is 3.57 Å². The van der Waals surface area contributed by atoms with Crippen LogP contribution in [0, 0.1) is 3.57 Å². The van der Waals surface area contributed by atoms with E-state index in [9.17, 15) is 9.59 Å². The van der Waals surface area contributed by atoms with Crippen molar-refractivity contribution in [2.24, 2.45) is 0 Å². The monoisotopic (exact) mass is 431 g/mol. The van der Waals surface area contributed by atoms with Crippen LogP contribution in [0.3, 0.4) is 0 Å². The van der Waals surface area contributed by atoms with Crippen LogP contribution in [0.5, 0.6) is 0 Å². The van der Waals surface area contributed by atoms with E-state index >= 15 is 0 Å². The zero-order chi connectivity index (χ0) is 15.1. The fourth-order valence-electron chi connectivity index (χ4n) is 2.24. The highest BCUT2D eigenvalue weighted by Gasteiger charge is 2.35. The van der Waals surface area contributed by atoms with Gasteiger partial charge in [0.15, 0.2) is 0 Å². The Balaban J connectivity index is 1.97. The summed E-state index contributed by atoms with van der Waals surface area (Å²) < 4.78 is 0.912. The van der Waals surface area contributed by atoms with Crippen LogP contribution in [-0.4, -0.2) is 16.7 Å². The maximum Gasteiger partial charge on any atom is 0.261 e. The molecule has 1 heterocycles. The third kappa shape index (κ3) is 2.67. The smallest absolute Gasteiger partial charge is 0.261 e. The first-order valence-electron chi connectivity index (χ1n) is 6.07. The molecular formula is C15H8Cl2INO2. The lowest BCUT2D eigenvalue weighted by Crippen LogP contribution is -2.29. The highest BCUT2D eigenvalue weighted by Crippen LogP contribution is 2.28. The molecule has 6 heteroatoms. The third-order valence-corrected chi connectivity index (χ3v) is 4.54. The number of halogens is 3. The molecule has 21 heavy (non-hydrogen) atoms. The first-order valence-corrected chi connectivity index (χ1v) is 7.90. The van der Waals surface area contributed by atoms with Crippen LogP contribution in [0.4, 0.5) is 0 Å². The average molecular weight is 432 g/mol. The van der Waals surface area contributed by atoms with Crippen molar-refractivity contribution >= 4 is 57.6 Å². The lowest BCUT2D eigenvalue weighted by molar-refractivity contribution is 0.0642. The quantitative estimate of drug-likeness (QED) is 0.522. The summed E-state index contributed by atoms with van der Waals surface area (Å²) in [4.78, 5) is 25.9. The number of hydrogen-bond acceptors (Lipinski definition) is 2. The van der Waals surface area contributed by atoms with Crippen molar-refractivity contribution in [1.82, 2.24) is 4.90 Å². The number of imide groups is 1. The van der Waals surface area contributed by atoms with E-state index in [2.05, 4.69) is 22.6 Å². The van der Waals surface area contributed by atoms with Gasteiger partial charge in [-0.2, -0.15) is 0 Å². The minimum Gasteiger partial charge on any atom is -0.270 e. The van der Waals surface area contributed by atoms with Crippen LogP contribution in [-0.2, 0) is 6.54 Å². The molecule has 0 radical (unpaired) electrons. The Kier molecular flexibility index (Phi) is 3.94. The van der Waals surface area contributed by atoms with Crippen LogP contribution >= 0.6 is 45.8 Å². The van der Waals surface area contributed by atoms with Crippen molar-refractivity contribution in [3.05, 3.63) is 66.7 Å². The second-order valence-electron chi connectivity index (χ2n) is 4.62. The van der Waals surface area contributed by atoms with Gasteiger partial charge in [-0.15, -0.1) is 0 Å². The molecule has 106 valence electrons. The molecule has 0 saturated heterocycles. The maximum absolute atomic E-state index is 12.4. The van der Waals surface area contributed by atoms with E-state index in [-0.39, 0.29) is 18.4 Å². The van der Waals surface area contributed by atoms with Gasteiger partial charge in [-0.1, -0.05) is 23.2 Å². The number of fused-ring (bicyclic) bond motifs is 1. The van der Waals surface area contributed by atoms with Gasteiger partial charge >= 0.3 is 0 Å². The first kappa shape index (κ1) is 14.8. The number of carbonyl (C=O) groups excluding carboxylic acids is 2. The lowest BCUT2D eigenvalue weighted by Gasteiger charge is -2.15. The zero-order valence-electron chi connectivity index (χ0n) is 10.6. The molecule has 0 spiro atoms. The molecule has 0 aromatic heterocycles. The van der Waals surface area contributed by atoms with Crippen LogP contribution in [0.2, 0.25) is 10.0 Å². The van der Waals surface area contributed by atoms with E-state index in [1.807, 2.05) is 0 Å². The minimum atomic E-state index is -0.303. The van der Waals surface area contributed by atoms with Gasteiger partial charge in [-0.3, -0.25) is 14.5 Å². The van der Waals surface area contributed by atoms with Crippen molar-refractivity contribution in [3.63, 3.8) is 0 Å². The molecule has 3 rings (SSSR count). The minimum absolute atomic E-state index is 0.113. The fraction of sp³-hybridized carbons (Fsp3) is 0.0667. The van der Waals surface area contributed by atoms with Gasteiger partial charge in [0.05, 0.1) is 17.7 Å². The lowest BCUT2D eigenvalue weighted by atomic mass is 10.1. The second kappa shape index (κ2) is 5.59. The number of benzene rings is 2. The average Bonchev–Trinajstić information content (AvgIpc) is 2.67. The highest BCUT2D eigenvalue weighted by atomic mass is 127. The normalized spacial score (nSPS) is 13.8. The molecule has 0 bridgehead atoms. The molecule has 2 aromatic rings. The van der Waals surface area contributed by atoms with Gasteiger partial charge in [0, 0.05) is 13.6 Å². The van der Waals surface area contributed by atoms with E-state index in [4.69, 9.17) is 23.2 Å². The summed E-state index contributed by atoms with van der Waals surface area (Å²) in [5, 5.41) is 0.992.